The molecule has 8 heteroatoms. The van der Waals surface area contributed by atoms with Gasteiger partial charge < -0.3 is 14.4 Å². The number of rotatable bonds is 8. The maximum absolute atomic E-state index is 12.6. The number of carbonyl (C=O) groups excluding carboxylic acids is 2. The third kappa shape index (κ3) is 4.85. The molecule has 1 aliphatic rings. The molecule has 1 amide bonds. The van der Waals surface area contributed by atoms with Gasteiger partial charge in [0.1, 0.15) is 5.75 Å². The van der Waals surface area contributed by atoms with Gasteiger partial charge in [0.25, 0.3) is 11.6 Å². The van der Waals surface area contributed by atoms with Gasteiger partial charge >= 0.3 is 5.97 Å². The molecule has 1 aliphatic carbocycles. The number of methoxy groups -OCH3 is 1. The lowest BCUT2D eigenvalue weighted by Crippen LogP contribution is -2.36. The van der Waals surface area contributed by atoms with Gasteiger partial charge in [0.05, 0.1) is 17.6 Å². The Morgan fingerprint density at radius 2 is 1.75 bits per heavy atom. The van der Waals surface area contributed by atoms with Crippen LogP contribution in [0.5, 0.6) is 5.75 Å². The van der Waals surface area contributed by atoms with E-state index in [9.17, 15) is 19.7 Å². The van der Waals surface area contributed by atoms with Gasteiger partial charge in [0.2, 0.25) is 0 Å². The van der Waals surface area contributed by atoms with Crippen molar-refractivity contribution in [2.75, 3.05) is 13.7 Å². The summed E-state index contributed by atoms with van der Waals surface area (Å²) < 4.78 is 10.2. The molecule has 1 fully saturated rings. The van der Waals surface area contributed by atoms with Crippen LogP contribution >= 0.6 is 0 Å². The maximum Gasteiger partial charge on any atom is 0.338 e. The van der Waals surface area contributed by atoms with Crippen molar-refractivity contribution < 1.29 is 24.0 Å². The number of amides is 1. The van der Waals surface area contributed by atoms with E-state index in [0.717, 1.165) is 24.2 Å². The van der Waals surface area contributed by atoms with E-state index >= 15 is 0 Å². The number of nitrogens with zero attached hydrogens (tertiary/aromatic N) is 2. The molecule has 2 aromatic rings. The molecule has 8 nitrogen and oxygen atoms in total. The lowest BCUT2D eigenvalue weighted by molar-refractivity contribution is -0.384. The smallest absolute Gasteiger partial charge is 0.338 e. The topological polar surface area (TPSA) is 99.0 Å². The number of hydrogen-bond donors (Lipinski definition) is 0. The Labute approximate surface area is 161 Å². The summed E-state index contributed by atoms with van der Waals surface area (Å²) in [5.41, 5.74) is 1.00. The minimum atomic E-state index is -0.691. The summed E-state index contributed by atoms with van der Waals surface area (Å²) in [5.74, 6) is -0.220. The first kappa shape index (κ1) is 19.3. The standard InChI is InChI=1S/C20H20N2O6/c1-27-18-10-2-14(3-11-18)12-21(16-8-9-16)19(23)13-28-20(24)15-4-6-17(7-5-15)22(25)26/h2-7,10-11,16H,8-9,12-13H2,1H3. The quantitative estimate of drug-likeness (QED) is 0.394. The summed E-state index contributed by atoms with van der Waals surface area (Å²) in [7, 11) is 1.59. The molecule has 0 bridgehead atoms. The van der Waals surface area contributed by atoms with Crippen molar-refractivity contribution in [2.45, 2.75) is 25.4 Å². The minimum Gasteiger partial charge on any atom is -0.497 e. The zero-order valence-corrected chi connectivity index (χ0v) is 15.4. The second-order valence-electron chi connectivity index (χ2n) is 6.48. The van der Waals surface area contributed by atoms with Crippen LogP contribution in [0.2, 0.25) is 0 Å². The van der Waals surface area contributed by atoms with Crippen molar-refractivity contribution in [3.8, 4) is 5.75 Å². The van der Waals surface area contributed by atoms with E-state index in [4.69, 9.17) is 9.47 Å². The van der Waals surface area contributed by atoms with Crippen LogP contribution in [0.4, 0.5) is 5.69 Å². The second kappa shape index (κ2) is 8.51. The highest BCUT2D eigenvalue weighted by atomic mass is 16.6. The minimum absolute atomic E-state index is 0.118. The van der Waals surface area contributed by atoms with Crippen LogP contribution < -0.4 is 4.74 Å². The molecule has 1 saturated carbocycles. The van der Waals surface area contributed by atoms with Gasteiger partial charge in [-0.1, -0.05) is 12.1 Å². The van der Waals surface area contributed by atoms with Crippen molar-refractivity contribution in [3.05, 3.63) is 69.8 Å². The van der Waals surface area contributed by atoms with E-state index in [-0.39, 0.29) is 29.8 Å². The summed E-state index contributed by atoms with van der Waals surface area (Å²) in [6.45, 7) is 0.0606. The van der Waals surface area contributed by atoms with Crippen molar-refractivity contribution in [1.82, 2.24) is 4.90 Å². The van der Waals surface area contributed by atoms with Crippen LogP contribution in [0.1, 0.15) is 28.8 Å². The van der Waals surface area contributed by atoms with Gasteiger partial charge in [0, 0.05) is 24.7 Å². The molecular formula is C20H20N2O6. The third-order valence-electron chi connectivity index (χ3n) is 4.46. The highest BCUT2D eigenvalue weighted by Crippen LogP contribution is 2.29. The fourth-order valence-corrected chi connectivity index (χ4v) is 2.75. The molecule has 0 saturated heterocycles. The summed E-state index contributed by atoms with van der Waals surface area (Å²) in [5, 5.41) is 10.7. The van der Waals surface area contributed by atoms with E-state index in [0.29, 0.717) is 6.54 Å². The van der Waals surface area contributed by atoms with E-state index in [1.54, 1.807) is 12.0 Å². The summed E-state index contributed by atoms with van der Waals surface area (Å²) in [4.78, 5) is 36.5. The fourth-order valence-electron chi connectivity index (χ4n) is 2.75. The summed E-state index contributed by atoms with van der Waals surface area (Å²) >= 11 is 0. The van der Waals surface area contributed by atoms with Gasteiger partial charge in [-0.05, 0) is 42.7 Å². The molecule has 0 aliphatic heterocycles. The molecule has 0 atom stereocenters. The zero-order valence-electron chi connectivity index (χ0n) is 15.4. The third-order valence-corrected chi connectivity index (χ3v) is 4.46. The lowest BCUT2D eigenvalue weighted by Gasteiger charge is -2.22. The average molecular weight is 384 g/mol. The van der Waals surface area contributed by atoms with Gasteiger partial charge in [-0.2, -0.15) is 0 Å². The molecule has 146 valence electrons. The van der Waals surface area contributed by atoms with Gasteiger partial charge in [-0.25, -0.2) is 4.79 Å². The first-order chi connectivity index (χ1) is 13.5. The fraction of sp³-hybridized carbons (Fsp3) is 0.300. The SMILES string of the molecule is COc1ccc(CN(C(=O)COC(=O)c2ccc([N+](=O)[O-])cc2)C2CC2)cc1. The predicted molar refractivity (Wildman–Crippen MR) is 99.9 cm³/mol. The predicted octanol–water partition coefficient (Wildman–Crippen LogP) is 2.95. The Hall–Kier alpha value is -3.42. The number of nitro groups is 1. The monoisotopic (exact) mass is 384 g/mol. The van der Waals surface area contributed by atoms with Crippen molar-refractivity contribution in [2.24, 2.45) is 0 Å². The molecule has 0 radical (unpaired) electrons. The Balaban J connectivity index is 1.57. The molecule has 0 spiro atoms. The highest BCUT2D eigenvalue weighted by Gasteiger charge is 2.33. The number of hydrogen-bond acceptors (Lipinski definition) is 6. The van der Waals surface area contributed by atoms with Crippen molar-refractivity contribution in [1.29, 1.82) is 0 Å². The number of non-ortho nitro benzene ring substituents is 1. The molecule has 28 heavy (non-hydrogen) atoms. The van der Waals surface area contributed by atoms with Crippen molar-refractivity contribution in [3.63, 3.8) is 0 Å². The zero-order chi connectivity index (χ0) is 20.1. The van der Waals surface area contributed by atoms with E-state index in [1.807, 2.05) is 24.3 Å². The van der Waals surface area contributed by atoms with Crippen LogP contribution in [0.3, 0.4) is 0 Å². The first-order valence-corrected chi connectivity index (χ1v) is 8.82. The van der Waals surface area contributed by atoms with Crippen LogP contribution in [0, 0.1) is 10.1 Å². The average Bonchev–Trinajstić information content (AvgIpc) is 3.55. The summed E-state index contributed by atoms with van der Waals surface area (Å²) in [6, 6.07) is 12.7. The molecule has 2 aromatic carbocycles. The van der Waals surface area contributed by atoms with Gasteiger partial charge in [0.15, 0.2) is 6.61 Å². The number of carbonyl (C=O) groups is 2. The molecule has 0 aromatic heterocycles. The van der Waals surface area contributed by atoms with Crippen LogP contribution in [-0.4, -0.2) is 41.5 Å². The lowest BCUT2D eigenvalue weighted by atomic mass is 10.2. The maximum atomic E-state index is 12.6. The molecule has 0 N–H and O–H groups in total. The van der Waals surface area contributed by atoms with Crippen molar-refractivity contribution >= 4 is 17.6 Å². The molecular weight excluding hydrogens is 364 g/mol. The van der Waals surface area contributed by atoms with Gasteiger partial charge in [-0.3, -0.25) is 14.9 Å². The Morgan fingerprint density at radius 3 is 2.29 bits per heavy atom. The molecule has 0 unspecified atom stereocenters. The summed E-state index contributed by atoms with van der Waals surface area (Å²) in [6.07, 6.45) is 1.86. The first-order valence-electron chi connectivity index (χ1n) is 8.82. The van der Waals surface area contributed by atoms with Gasteiger partial charge in [-0.15, -0.1) is 0 Å². The van der Waals surface area contributed by atoms with Crippen LogP contribution in [0.25, 0.3) is 0 Å². The Morgan fingerprint density at radius 1 is 1.11 bits per heavy atom. The van der Waals surface area contributed by atoms with E-state index in [1.165, 1.54) is 24.3 Å². The normalized spacial score (nSPS) is 12.9. The molecule has 0 heterocycles. The largest absolute Gasteiger partial charge is 0.497 e. The number of nitro benzene ring substituents is 1. The number of ether oxygens (including phenoxy) is 2. The second-order valence-corrected chi connectivity index (χ2v) is 6.48. The van der Waals surface area contributed by atoms with Crippen LogP contribution in [0.15, 0.2) is 48.5 Å². The van der Waals surface area contributed by atoms with E-state index in [2.05, 4.69) is 0 Å². The number of esters is 1. The highest BCUT2D eigenvalue weighted by molar-refractivity contribution is 5.91. The van der Waals surface area contributed by atoms with E-state index < -0.39 is 10.9 Å². The Bertz CT molecular complexity index is 859. The number of benzene rings is 2. The Kier molecular flexibility index (Phi) is 5.88. The molecule has 3 rings (SSSR count). The van der Waals surface area contributed by atoms with Crippen LogP contribution in [-0.2, 0) is 16.1 Å².